The van der Waals surface area contributed by atoms with Gasteiger partial charge in [0.05, 0.1) is 29.5 Å². The molecule has 0 aliphatic rings. The lowest BCUT2D eigenvalue weighted by Crippen LogP contribution is -2.18. The van der Waals surface area contributed by atoms with Crippen molar-refractivity contribution in [2.45, 2.75) is 13.8 Å². The van der Waals surface area contributed by atoms with Gasteiger partial charge < -0.3 is 9.30 Å². The summed E-state index contributed by atoms with van der Waals surface area (Å²) in [5.41, 5.74) is 7.06. The van der Waals surface area contributed by atoms with E-state index in [1.54, 1.807) is 42.6 Å². The van der Waals surface area contributed by atoms with Gasteiger partial charge in [0, 0.05) is 22.6 Å². The van der Waals surface area contributed by atoms with Crippen LogP contribution < -0.4 is 5.43 Å². The number of benzene rings is 2. The number of carbonyl (C=O) groups excluding carboxylic acids is 2. The predicted molar refractivity (Wildman–Crippen MR) is 113 cm³/mol. The van der Waals surface area contributed by atoms with Gasteiger partial charge in [-0.05, 0) is 56.3 Å². The van der Waals surface area contributed by atoms with Gasteiger partial charge in [-0.15, -0.1) is 0 Å². The molecule has 6 nitrogen and oxygen atoms in total. The maximum atomic E-state index is 12.2. The van der Waals surface area contributed by atoms with Crippen molar-refractivity contribution in [3.05, 3.63) is 87.7 Å². The van der Waals surface area contributed by atoms with Gasteiger partial charge in [0.2, 0.25) is 0 Å². The summed E-state index contributed by atoms with van der Waals surface area (Å²) in [5, 5.41) is 4.43. The van der Waals surface area contributed by atoms with E-state index < -0.39 is 0 Å². The molecule has 0 fully saturated rings. The number of esters is 1. The van der Waals surface area contributed by atoms with Gasteiger partial charge in [-0.3, -0.25) is 4.79 Å². The van der Waals surface area contributed by atoms with E-state index in [9.17, 15) is 9.59 Å². The van der Waals surface area contributed by atoms with Gasteiger partial charge in [-0.1, -0.05) is 23.7 Å². The van der Waals surface area contributed by atoms with E-state index in [4.69, 9.17) is 16.3 Å². The minimum Gasteiger partial charge on any atom is -0.465 e. The Morgan fingerprint density at radius 2 is 1.79 bits per heavy atom. The fourth-order valence-electron chi connectivity index (χ4n) is 3.05. The number of carbonyl (C=O) groups is 2. The molecule has 0 bridgehead atoms. The minimum atomic E-state index is -0.376. The molecule has 0 spiro atoms. The fraction of sp³-hybridized carbons (Fsp3) is 0.136. The SMILES string of the molecule is COC(=O)c1ccc(-n2c(C)cc(/C=N\NC(=O)c3ccccc3Cl)c2C)cc1. The van der Waals surface area contributed by atoms with Crippen LogP contribution >= 0.6 is 11.6 Å². The average Bonchev–Trinajstić information content (AvgIpc) is 3.01. The Hall–Kier alpha value is -3.38. The Morgan fingerprint density at radius 3 is 2.45 bits per heavy atom. The smallest absolute Gasteiger partial charge is 0.337 e. The van der Waals surface area contributed by atoms with Crippen LogP contribution in [0.5, 0.6) is 0 Å². The fourth-order valence-corrected chi connectivity index (χ4v) is 3.27. The summed E-state index contributed by atoms with van der Waals surface area (Å²) >= 11 is 6.03. The highest BCUT2D eigenvalue weighted by Gasteiger charge is 2.12. The van der Waals surface area contributed by atoms with E-state index in [1.807, 2.05) is 36.6 Å². The van der Waals surface area contributed by atoms with Crippen molar-refractivity contribution in [1.29, 1.82) is 0 Å². The minimum absolute atomic E-state index is 0.363. The summed E-state index contributed by atoms with van der Waals surface area (Å²) in [4.78, 5) is 23.8. The van der Waals surface area contributed by atoms with Crippen LogP contribution in [0, 0.1) is 13.8 Å². The van der Waals surface area contributed by atoms with E-state index in [0.717, 1.165) is 22.6 Å². The van der Waals surface area contributed by atoms with Crippen LogP contribution in [-0.4, -0.2) is 29.8 Å². The Bertz CT molecular complexity index is 1090. The Labute approximate surface area is 173 Å². The van der Waals surface area contributed by atoms with Crippen molar-refractivity contribution in [3.63, 3.8) is 0 Å². The molecule has 0 radical (unpaired) electrons. The van der Waals surface area contributed by atoms with Crippen LogP contribution in [0.4, 0.5) is 0 Å². The zero-order valence-corrected chi connectivity index (χ0v) is 17.0. The van der Waals surface area contributed by atoms with E-state index in [2.05, 4.69) is 10.5 Å². The van der Waals surface area contributed by atoms with Crippen LogP contribution in [0.25, 0.3) is 5.69 Å². The molecular formula is C22H20ClN3O3. The molecule has 7 heteroatoms. The molecule has 1 N–H and O–H groups in total. The first kappa shape index (κ1) is 20.4. The number of hydrogen-bond acceptors (Lipinski definition) is 4. The van der Waals surface area contributed by atoms with E-state index in [-0.39, 0.29) is 11.9 Å². The largest absolute Gasteiger partial charge is 0.465 e. The zero-order valence-electron chi connectivity index (χ0n) is 16.3. The lowest BCUT2D eigenvalue weighted by molar-refractivity contribution is 0.0600. The molecule has 0 aliphatic heterocycles. The second-order valence-electron chi connectivity index (χ2n) is 6.38. The number of halogens is 1. The Kier molecular flexibility index (Phi) is 6.14. The highest BCUT2D eigenvalue weighted by molar-refractivity contribution is 6.33. The first-order valence-electron chi connectivity index (χ1n) is 8.88. The number of methoxy groups -OCH3 is 1. The summed E-state index contributed by atoms with van der Waals surface area (Å²) in [6.07, 6.45) is 1.59. The molecule has 0 saturated heterocycles. The molecule has 29 heavy (non-hydrogen) atoms. The van der Waals surface area contributed by atoms with Crippen LogP contribution in [0.15, 0.2) is 59.7 Å². The molecule has 2 aromatic carbocycles. The quantitative estimate of drug-likeness (QED) is 0.388. The maximum Gasteiger partial charge on any atom is 0.337 e. The highest BCUT2D eigenvalue weighted by Crippen LogP contribution is 2.20. The molecular weight excluding hydrogens is 390 g/mol. The number of hydrogen-bond donors (Lipinski definition) is 1. The van der Waals surface area contributed by atoms with Gasteiger partial charge in [-0.2, -0.15) is 5.10 Å². The van der Waals surface area contributed by atoms with Crippen molar-refractivity contribution >= 4 is 29.7 Å². The molecule has 3 aromatic rings. The van der Waals surface area contributed by atoms with E-state index >= 15 is 0 Å². The first-order valence-corrected chi connectivity index (χ1v) is 9.25. The predicted octanol–water partition coefficient (Wildman–Crippen LogP) is 4.30. The number of hydrazone groups is 1. The third-order valence-corrected chi connectivity index (χ3v) is 4.83. The third kappa shape index (κ3) is 4.38. The third-order valence-electron chi connectivity index (χ3n) is 4.51. The number of ether oxygens (including phenoxy) is 1. The van der Waals surface area contributed by atoms with Crippen LogP contribution in [0.1, 0.15) is 37.7 Å². The van der Waals surface area contributed by atoms with Gasteiger partial charge in [0.1, 0.15) is 0 Å². The van der Waals surface area contributed by atoms with Gasteiger partial charge in [-0.25, -0.2) is 10.2 Å². The molecule has 0 atom stereocenters. The normalized spacial score (nSPS) is 10.9. The van der Waals surface area contributed by atoms with Crippen molar-refractivity contribution in [1.82, 2.24) is 9.99 Å². The van der Waals surface area contributed by atoms with Gasteiger partial charge in [0.15, 0.2) is 0 Å². The summed E-state index contributed by atoms with van der Waals surface area (Å²) in [6, 6.07) is 15.9. The lowest BCUT2D eigenvalue weighted by Gasteiger charge is -2.10. The molecule has 0 unspecified atom stereocenters. The van der Waals surface area contributed by atoms with Crippen molar-refractivity contribution < 1.29 is 14.3 Å². The molecule has 148 valence electrons. The van der Waals surface area contributed by atoms with Crippen molar-refractivity contribution in [2.24, 2.45) is 5.10 Å². The maximum absolute atomic E-state index is 12.2. The van der Waals surface area contributed by atoms with Crippen LogP contribution in [-0.2, 0) is 4.74 Å². The van der Waals surface area contributed by atoms with Crippen LogP contribution in [0.3, 0.4) is 0 Å². The van der Waals surface area contributed by atoms with Crippen molar-refractivity contribution in [2.75, 3.05) is 7.11 Å². The van der Waals surface area contributed by atoms with Gasteiger partial charge >= 0.3 is 5.97 Å². The number of nitrogens with one attached hydrogen (secondary N) is 1. The summed E-state index contributed by atoms with van der Waals surface area (Å²) in [5.74, 6) is -0.751. The Morgan fingerprint density at radius 1 is 1.10 bits per heavy atom. The topological polar surface area (TPSA) is 72.7 Å². The molecule has 1 aromatic heterocycles. The molecule has 1 heterocycles. The standard InChI is InChI=1S/C22H20ClN3O3/c1-14-12-17(13-24-25-21(27)19-6-4-5-7-20(19)23)15(2)26(14)18-10-8-16(9-11-18)22(28)29-3/h4-13H,1-3H3,(H,25,27)/b24-13-. The zero-order chi connectivity index (χ0) is 21.0. The van der Waals surface area contributed by atoms with E-state index in [1.165, 1.54) is 7.11 Å². The number of aromatic nitrogens is 1. The lowest BCUT2D eigenvalue weighted by atomic mass is 10.2. The molecule has 0 aliphatic carbocycles. The second kappa shape index (κ2) is 8.75. The highest BCUT2D eigenvalue weighted by atomic mass is 35.5. The number of amides is 1. The summed E-state index contributed by atoms with van der Waals surface area (Å²) < 4.78 is 6.77. The van der Waals surface area contributed by atoms with Crippen LogP contribution in [0.2, 0.25) is 5.02 Å². The number of nitrogens with zero attached hydrogens (tertiary/aromatic N) is 2. The van der Waals surface area contributed by atoms with E-state index in [0.29, 0.717) is 16.1 Å². The molecule has 0 saturated carbocycles. The first-order chi connectivity index (χ1) is 13.9. The number of rotatable bonds is 5. The monoisotopic (exact) mass is 409 g/mol. The molecule has 1 amide bonds. The van der Waals surface area contributed by atoms with Crippen molar-refractivity contribution in [3.8, 4) is 5.69 Å². The second-order valence-corrected chi connectivity index (χ2v) is 6.79. The summed E-state index contributed by atoms with van der Waals surface area (Å²) in [6.45, 7) is 3.93. The van der Waals surface area contributed by atoms with Gasteiger partial charge in [0.25, 0.3) is 5.91 Å². The Balaban J connectivity index is 1.79. The molecule has 3 rings (SSSR count). The summed E-state index contributed by atoms with van der Waals surface area (Å²) in [7, 11) is 1.35. The number of aryl methyl sites for hydroxylation is 1. The average molecular weight is 410 g/mol.